The Labute approximate surface area is 105 Å². The molecule has 18 heavy (non-hydrogen) atoms. The molecule has 2 N–H and O–H groups in total. The molecule has 0 unspecified atom stereocenters. The molecule has 2 aromatic heterocycles. The largest absolute Gasteiger partial charge is 0.441 e. The summed E-state index contributed by atoms with van der Waals surface area (Å²) in [5.41, 5.74) is 1.33. The molecule has 0 aliphatic rings. The number of fused-ring (bicyclic) bond motifs is 1. The second-order valence-electron chi connectivity index (χ2n) is 3.77. The van der Waals surface area contributed by atoms with Gasteiger partial charge in [0.25, 0.3) is 0 Å². The van der Waals surface area contributed by atoms with E-state index in [1.165, 1.54) is 12.1 Å². The lowest BCUT2D eigenvalue weighted by atomic mass is 10.1. The number of benzene rings is 1. The third-order valence-electron chi connectivity index (χ3n) is 2.58. The van der Waals surface area contributed by atoms with E-state index in [0.29, 0.717) is 16.6 Å². The predicted octanol–water partition coefficient (Wildman–Crippen LogP) is 2.33. The van der Waals surface area contributed by atoms with E-state index in [1.807, 2.05) is 0 Å². The number of halogens is 1. The molecule has 0 radical (unpaired) electrons. The van der Waals surface area contributed by atoms with Crippen molar-refractivity contribution in [1.82, 2.24) is 9.97 Å². The van der Waals surface area contributed by atoms with E-state index in [4.69, 9.17) is 16.0 Å². The fourth-order valence-electron chi connectivity index (χ4n) is 1.75. The van der Waals surface area contributed by atoms with Crippen LogP contribution in [0.4, 0.5) is 0 Å². The molecule has 0 aliphatic heterocycles. The maximum atomic E-state index is 12.1. The zero-order chi connectivity index (χ0) is 12.7. The molecule has 0 aliphatic carbocycles. The molecule has 3 rings (SSSR count). The van der Waals surface area contributed by atoms with Gasteiger partial charge in [-0.25, -0.2) is 4.79 Å². The summed E-state index contributed by atoms with van der Waals surface area (Å²) in [5.74, 6) is -0.122. The van der Waals surface area contributed by atoms with Crippen LogP contribution in [0.5, 0.6) is 0 Å². The van der Waals surface area contributed by atoms with Crippen molar-refractivity contribution in [3.8, 4) is 0 Å². The number of carbonyl (C=O) groups excluding carboxylic acids is 1. The summed E-state index contributed by atoms with van der Waals surface area (Å²) in [6.45, 7) is 0. The Bertz CT molecular complexity index is 797. The molecule has 0 amide bonds. The Hall–Kier alpha value is -2.27. The molecule has 1 aromatic carbocycles. The number of aromatic amines is 2. The quantitative estimate of drug-likeness (QED) is 0.696. The molecule has 0 saturated heterocycles. The molecule has 0 saturated carbocycles. The van der Waals surface area contributed by atoms with Gasteiger partial charge in [0.1, 0.15) is 0 Å². The van der Waals surface area contributed by atoms with Crippen molar-refractivity contribution in [3.63, 3.8) is 0 Å². The summed E-state index contributed by atoms with van der Waals surface area (Å²) < 4.78 is 5.05. The highest BCUT2D eigenvalue weighted by Gasteiger charge is 2.14. The Morgan fingerprint density at radius 3 is 2.61 bits per heavy atom. The molecule has 0 atom stereocenters. The number of H-pyrrole nitrogens is 2. The van der Waals surface area contributed by atoms with Crippen LogP contribution in [0.15, 0.2) is 39.5 Å². The van der Waals surface area contributed by atoms with Crippen LogP contribution in [0.1, 0.15) is 16.1 Å². The second-order valence-corrected chi connectivity index (χ2v) is 4.14. The molecule has 6 heteroatoms. The van der Waals surface area contributed by atoms with Gasteiger partial charge in [0.15, 0.2) is 11.0 Å². The lowest BCUT2D eigenvalue weighted by molar-refractivity contribution is 0.101. The molecule has 0 bridgehead atoms. The van der Waals surface area contributed by atoms with Gasteiger partial charge in [0.05, 0.1) is 11.0 Å². The van der Waals surface area contributed by atoms with E-state index in [9.17, 15) is 9.59 Å². The molecule has 90 valence electrons. The maximum Gasteiger partial charge on any atom is 0.323 e. The average molecular weight is 263 g/mol. The first-order valence-corrected chi connectivity index (χ1v) is 5.53. The van der Waals surface area contributed by atoms with Gasteiger partial charge < -0.3 is 14.4 Å². The van der Waals surface area contributed by atoms with E-state index >= 15 is 0 Å². The third-order valence-corrected chi connectivity index (χ3v) is 2.78. The van der Waals surface area contributed by atoms with Gasteiger partial charge in [0.2, 0.25) is 5.78 Å². The molecular formula is C12H7ClN2O3. The number of aromatic nitrogens is 2. The Morgan fingerprint density at radius 1 is 1.11 bits per heavy atom. The van der Waals surface area contributed by atoms with Crippen LogP contribution in [-0.4, -0.2) is 15.8 Å². The van der Waals surface area contributed by atoms with Crippen LogP contribution < -0.4 is 5.69 Å². The summed E-state index contributed by atoms with van der Waals surface area (Å²) in [7, 11) is 0. The number of nitrogens with one attached hydrogen (secondary N) is 2. The highest BCUT2D eigenvalue weighted by Crippen LogP contribution is 2.18. The van der Waals surface area contributed by atoms with Crippen molar-refractivity contribution in [1.29, 1.82) is 0 Å². The van der Waals surface area contributed by atoms with Crippen molar-refractivity contribution in [2.75, 3.05) is 0 Å². The first-order chi connectivity index (χ1) is 8.63. The van der Waals surface area contributed by atoms with Crippen molar-refractivity contribution < 1.29 is 9.21 Å². The van der Waals surface area contributed by atoms with Crippen LogP contribution in [0.2, 0.25) is 5.22 Å². The minimum Gasteiger partial charge on any atom is -0.441 e. The van der Waals surface area contributed by atoms with Crippen LogP contribution >= 0.6 is 11.6 Å². The van der Waals surface area contributed by atoms with E-state index in [1.54, 1.807) is 18.2 Å². The van der Waals surface area contributed by atoms with Gasteiger partial charge in [-0.1, -0.05) is 0 Å². The van der Waals surface area contributed by atoms with E-state index < -0.39 is 0 Å². The highest BCUT2D eigenvalue weighted by atomic mass is 35.5. The molecule has 0 fully saturated rings. The monoisotopic (exact) mass is 262 g/mol. The van der Waals surface area contributed by atoms with Crippen LogP contribution in [-0.2, 0) is 0 Å². The smallest absolute Gasteiger partial charge is 0.323 e. The van der Waals surface area contributed by atoms with Crippen LogP contribution in [0.3, 0.4) is 0 Å². The van der Waals surface area contributed by atoms with E-state index in [0.717, 1.165) is 0 Å². The highest BCUT2D eigenvalue weighted by molar-refractivity contribution is 6.29. The number of carbonyl (C=O) groups is 1. The van der Waals surface area contributed by atoms with Crippen molar-refractivity contribution in [2.24, 2.45) is 0 Å². The van der Waals surface area contributed by atoms with E-state index in [2.05, 4.69) is 9.97 Å². The Kier molecular flexibility index (Phi) is 2.34. The Morgan fingerprint density at radius 2 is 1.89 bits per heavy atom. The number of furan rings is 1. The standard InChI is InChI=1S/C12H7ClN2O3/c13-10-4-3-9(18-10)11(16)6-1-2-7-8(5-6)15-12(17)14-7/h1-5H,(H2,14,15,17). The first-order valence-electron chi connectivity index (χ1n) is 5.15. The number of hydrogen-bond donors (Lipinski definition) is 2. The minimum absolute atomic E-state index is 0.162. The van der Waals surface area contributed by atoms with Gasteiger partial charge in [-0.2, -0.15) is 0 Å². The fourth-order valence-corrected chi connectivity index (χ4v) is 1.90. The molecule has 2 heterocycles. The zero-order valence-electron chi connectivity index (χ0n) is 8.99. The number of hydrogen-bond acceptors (Lipinski definition) is 3. The summed E-state index contributed by atoms with van der Waals surface area (Å²) in [5, 5.41) is 0.162. The van der Waals surface area contributed by atoms with Gasteiger partial charge in [-0.15, -0.1) is 0 Å². The van der Waals surface area contributed by atoms with Gasteiger partial charge >= 0.3 is 5.69 Å². The zero-order valence-corrected chi connectivity index (χ0v) is 9.75. The van der Waals surface area contributed by atoms with E-state index in [-0.39, 0.29) is 22.5 Å². The lowest BCUT2D eigenvalue weighted by Crippen LogP contribution is -1.99. The molecule has 3 aromatic rings. The average Bonchev–Trinajstić information content (AvgIpc) is 2.92. The number of rotatable bonds is 2. The van der Waals surface area contributed by atoms with Gasteiger partial charge in [0, 0.05) is 5.56 Å². The SMILES string of the molecule is O=C(c1ccc2[nH]c(=O)[nH]c2c1)c1ccc(Cl)o1. The molecular weight excluding hydrogens is 256 g/mol. The van der Waals surface area contributed by atoms with Gasteiger partial charge in [-0.05, 0) is 41.9 Å². The number of ketones is 1. The predicted molar refractivity (Wildman–Crippen MR) is 66.1 cm³/mol. The topological polar surface area (TPSA) is 78.9 Å². The summed E-state index contributed by atoms with van der Waals surface area (Å²) in [6.07, 6.45) is 0. The number of imidazole rings is 1. The molecule has 0 spiro atoms. The van der Waals surface area contributed by atoms with Crippen molar-refractivity contribution in [3.05, 3.63) is 57.4 Å². The first kappa shape index (κ1) is 10.9. The third kappa shape index (κ3) is 1.74. The maximum absolute atomic E-state index is 12.1. The van der Waals surface area contributed by atoms with Crippen molar-refractivity contribution >= 4 is 28.4 Å². The fraction of sp³-hybridized carbons (Fsp3) is 0. The molecule has 5 nitrogen and oxygen atoms in total. The Balaban J connectivity index is 2.08. The van der Waals surface area contributed by atoms with Crippen LogP contribution in [0.25, 0.3) is 11.0 Å². The normalized spacial score (nSPS) is 10.9. The minimum atomic E-state index is -0.310. The van der Waals surface area contributed by atoms with Gasteiger partial charge in [-0.3, -0.25) is 4.79 Å². The summed E-state index contributed by atoms with van der Waals surface area (Å²) in [4.78, 5) is 28.4. The van der Waals surface area contributed by atoms with Crippen molar-refractivity contribution in [2.45, 2.75) is 0 Å². The van der Waals surface area contributed by atoms with Crippen LogP contribution in [0, 0.1) is 0 Å². The summed E-state index contributed by atoms with van der Waals surface area (Å²) >= 11 is 5.62. The second kappa shape index (κ2) is 3.89. The summed E-state index contributed by atoms with van der Waals surface area (Å²) in [6, 6.07) is 7.88. The lowest BCUT2D eigenvalue weighted by Gasteiger charge is -1.97.